The normalized spacial score (nSPS) is 20.3. The molecule has 0 bridgehead atoms. The van der Waals surface area contributed by atoms with Gasteiger partial charge >= 0.3 is 0 Å². The lowest BCUT2D eigenvalue weighted by atomic mass is 10.1. The molecule has 2 N–H and O–H groups in total. The summed E-state index contributed by atoms with van der Waals surface area (Å²) in [5.74, 6) is -0.00868. The minimum Gasteiger partial charge on any atom is -0.481 e. The van der Waals surface area contributed by atoms with E-state index < -0.39 is 15.9 Å². The van der Waals surface area contributed by atoms with Crippen molar-refractivity contribution in [2.75, 3.05) is 5.32 Å². The number of amides is 2. The van der Waals surface area contributed by atoms with Gasteiger partial charge in [-0.1, -0.05) is 23.7 Å². The predicted molar refractivity (Wildman–Crippen MR) is 129 cm³/mol. The van der Waals surface area contributed by atoms with Crippen LogP contribution in [-0.4, -0.2) is 28.0 Å². The highest BCUT2D eigenvalue weighted by molar-refractivity contribution is 6.53. The van der Waals surface area contributed by atoms with Gasteiger partial charge in [-0.2, -0.15) is 5.10 Å². The molecule has 1 fully saturated rings. The van der Waals surface area contributed by atoms with Gasteiger partial charge in [-0.05, 0) is 75.6 Å². The fourth-order valence-electron chi connectivity index (χ4n) is 3.00. The van der Waals surface area contributed by atoms with Gasteiger partial charge in [-0.3, -0.25) is 9.59 Å². The second-order valence-corrected chi connectivity index (χ2v) is 10.0. The number of nitrogens with one attached hydrogen (secondary N) is 2. The number of rotatable bonds is 7. The largest absolute Gasteiger partial charge is 0.481 e. The molecule has 2 aromatic carbocycles. The maximum atomic E-state index is 12.5. The predicted octanol–water partition coefficient (Wildman–Crippen LogP) is 5.48. The van der Waals surface area contributed by atoms with Gasteiger partial charge in [0.25, 0.3) is 5.91 Å². The summed E-state index contributed by atoms with van der Waals surface area (Å²) in [6.07, 6.45) is -0.315. The standard InChI is InChI=1S/C23H24Cl3N3O3/c1-13-11-17(24)7-10-19(13)32-15(3)20(30)27-18-8-5-16(6-9-18)14(2)28-29-21(31)22(4)12-23(22,25)26/h5-11,15H,12H2,1-4H3,(H,27,30)(H,29,31)/b28-14-/t15-,22+/m1/s1. The van der Waals surface area contributed by atoms with Crippen LogP contribution < -0.4 is 15.5 Å². The number of aryl methyl sites for hydroxylation is 1. The molecule has 3 rings (SSSR count). The molecule has 1 aliphatic rings. The number of ether oxygens (including phenoxy) is 1. The number of carbonyl (C=O) groups is 2. The molecule has 2 atom stereocenters. The first-order valence-corrected chi connectivity index (χ1v) is 11.1. The number of anilines is 1. The third-order valence-electron chi connectivity index (χ3n) is 5.46. The van der Waals surface area contributed by atoms with Crippen molar-refractivity contribution in [1.82, 2.24) is 5.43 Å². The van der Waals surface area contributed by atoms with E-state index in [1.165, 1.54) is 0 Å². The monoisotopic (exact) mass is 495 g/mol. The Morgan fingerprint density at radius 1 is 1.16 bits per heavy atom. The van der Waals surface area contributed by atoms with E-state index in [-0.39, 0.29) is 11.8 Å². The molecule has 0 saturated heterocycles. The van der Waals surface area contributed by atoms with Gasteiger partial charge in [0.2, 0.25) is 5.91 Å². The van der Waals surface area contributed by atoms with Crippen LogP contribution in [0.25, 0.3) is 0 Å². The summed E-state index contributed by atoms with van der Waals surface area (Å²) in [4.78, 5) is 24.7. The molecule has 0 aliphatic heterocycles. The lowest BCUT2D eigenvalue weighted by molar-refractivity contribution is -0.125. The summed E-state index contributed by atoms with van der Waals surface area (Å²) in [5, 5.41) is 7.56. The summed E-state index contributed by atoms with van der Waals surface area (Å²) in [6.45, 7) is 7.00. The highest BCUT2D eigenvalue weighted by Crippen LogP contribution is 2.63. The average molecular weight is 497 g/mol. The Morgan fingerprint density at radius 2 is 1.78 bits per heavy atom. The van der Waals surface area contributed by atoms with Crippen molar-refractivity contribution in [2.45, 2.75) is 44.6 Å². The van der Waals surface area contributed by atoms with Gasteiger partial charge in [0.05, 0.1) is 11.1 Å². The molecular weight excluding hydrogens is 473 g/mol. The highest BCUT2D eigenvalue weighted by Gasteiger charge is 2.68. The van der Waals surface area contributed by atoms with E-state index in [1.54, 1.807) is 63.2 Å². The third kappa shape index (κ3) is 5.37. The van der Waals surface area contributed by atoms with Crippen molar-refractivity contribution in [2.24, 2.45) is 10.5 Å². The molecule has 0 radical (unpaired) electrons. The Morgan fingerprint density at radius 3 is 2.34 bits per heavy atom. The maximum Gasteiger partial charge on any atom is 0.265 e. The van der Waals surface area contributed by atoms with Crippen molar-refractivity contribution in [3.8, 4) is 5.75 Å². The fourth-order valence-corrected chi connectivity index (χ4v) is 3.93. The van der Waals surface area contributed by atoms with Gasteiger partial charge < -0.3 is 10.1 Å². The lowest BCUT2D eigenvalue weighted by Gasteiger charge is -2.16. The van der Waals surface area contributed by atoms with Gasteiger partial charge in [-0.25, -0.2) is 5.43 Å². The smallest absolute Gasteiger partial charge is 0.265 e. The second-order valence-electron chi connectivity index (χ2n) is 8.09. The molecule has 2 amide bonds. The molecular formula is C23H24Cl3N3O3. The van der Waals surface area contributed by atoms with Crippen LogP contribution >= 0.6 is 34.8 Å². The summed E-state index contributed by atoms with van der Waals surface area (Å²) in [7, 11) is 0. The van der Waals surface area contributed by atoms with Crippen LogP contribution in [0.5, 0.6) is 5.75 Å². The van der Waals surface area contributed by atoms with Crippen molar-refractivity contribution in [1.29, 1.82) is 0 Å². The average Bonchev–Trinajstić information content (AvgIpc) is 3.27. The van der Waals surface area contributed by atoms with Crippen LogP contribution in [0.3, 0.4) is 0 Å². The number of nitrogens with zero attached hydrogens (tertiary/aromatic N) is 1. The van der Waals surface area contributed by atoms with E-state index in [0.29, 0.717) is 28.6 Å². The van der Waals surface area contributed by atoms with Crippen molar-refractivity contribution in [3.05, 3.63) is 58.6 Å². The zero-order valence-electron chi connectivity index (χ0n) is 18.1. The summed E-state index contributed by atoms with van der Waals surface area (Å²) in [5.41, 5.74) is 4.53. The first-order valence-electron chi connectivity index (χ1n) is 9.99. The molecule has 0 spiro atoms. The van der Waals surface area contributed by atoms with Crippen LogP contribution in [0.15, 0.2) is 47.6 Å². The van der Waals surface area contributed by atoms with Crippen LogP contribution in [0.2, 0.25) is 5.02 Å². The molecule has 32 heavy (non-hydrogen) atoms. The number of hydrogen-bond donors (Lipinski definition) is 2. The van der Waals surface area contributed by atoms with Gasteiger partial charge in [0.15, 0.2) is 6.10 Å². The van der Waals surface area contributed by atoms with Gasteiger partial charge in [0, 0.05) is 10.7 Å². The van der Waals surface area contributed by atoms with Crippen LogP contribution in [0, 0.1) is 12.3 Å². The van der Waals surface area contributed by atoms with E-state index in [9.17, 15) is 9.59 Å². The first-order chi connectivity index (χ1) is 14.9. The van der Waals surface area contributed by atoms with Crippen LogP contribution in [-0.2, 0) is 9.59 Å². The quantitative estimate of drug-likeness (QED) is 0.303. The molecule has 0 aromatic heterocycles. The molecule has 0 heterocycles. The molecule has 1 saturated carbocycles. The number of benzene rings is 2. The zero-order valence-corrected chi connectivity index (χ0v) is 20.4. The highest BCUT2D eigenvalue weighted by atomic mass is 35.5. The van der Waals surface area contributed by atoms with Crippen LogP contribution in [0.4, 0.5) is 5.69 Å². The Hall–Kier alpha value is -2.28. The van der Waals surface area contributed by atoms with Crippen LogP contribution in [0.1, 0.15) is 38.3 Å². The second kappa shape index (κ2) is 9.30. The lowest BCUT2D eigenvalue weighted by Crippen LogP contribution is -2.30. The molecule has 9 heteroatoms. The molecule has 2 aromatic rings. The molecule has 6 nitrogen and oxygen atoms in total. The van der Waals surface area contributed by atoms with E-state index in [0.717, 1.165) is 11.1 Å². The third-order valence-corrected chi connectivity index (χ3v) is 6.80. The van der Waals surface area contributed by atoms with Gasteiger partial charge in [-0.15, -0.1) is 23.2 Å². The molecule has 1 aliphatic carbocycles. The Kier molecular flexibility index (Phi) is 7.08. The number of hydrogen-bond acceptors (Lipinski definition) is 4. The minimum atomic E-state index is -1.05. The van der Waals surface area contributed by atoms with E-state index >= 15 is 0 Å². The summed E-state index contributed by atoms with van der Waals surface area (Å²) >= 11 is 18.0. The van der Waals surface area contributed by atoms with E-state index in [4.69, 9.17) is 39.5 Å². The van der Waals surface area contributed by atoms with Crippen molar-refractivity contribution < 1.29 is 14.3 Å². The summed E-state index contributed by atoms with van der Waals surface area (Å²) in [6, 6.07) is 12.3. The van der Waals surface area contributed by atoms with E-state index in [1.807, 2.05) is 6.92 Å². The number of halogens is 3. The summed E-state index contributed by atoms with van der Waals surface area (Å²) < 4.78 is 4.70. The SMILES string of the molecule is C/C(=N/NC(=O)[C@]1(C)CC1(Cl)Cl)c1ccc(NC(=O)[C@@H](C)Oc2ccc(Cl)cc2C)cc1. The Balaban J connectivity index is 1.56. The van der Waals surface area contributed by atoms with E-state index in [2.05, 4.69) is 15.8 Å². The number of hydrazone groups is 1. The topological polar surface area (TPSA) is 79.8 Å². The van der Waals surface area contributed by atoms with Crippen molar-refractivity contribution in [3.63, 3.8) is 0 Å². The number of carbonyl (C=O) groups excluding carboxylic acids is 2. The van der Waals surface area contributed by atoms with Gasteiger partial charge in [0.1, 0.15) is 10.1 Å². The minimum absolute atomic E-state index is 0.284. The molecule has 0 unspecified atom stereocenters. The Labute approximate surface area is 202 Å². The maximum absolute atomic E-state index is 12.5. The number of alkyl halides is 2. The molecule has 170 valence electrons. The van der Waals surface area contributed by atoms with Crippen molar-refractivity contribution >= 4 is 58.0 Å². The fraction of sp³-hybridized carbons (Fsp3) is 0.348. The zero-order chi connectivity index (χ0) is 23.7. The first kappa shape index (κ1) is 24.4. The Bertz CT molecular complexity index is 1070.